The lowest BCUT2D eigenvalue weighted by Gasteiger charge is -2.21. The topological polar surface area (TPSA) is 101 Å². The first kappa shape index (κ1) is 15.7. The number of ether oxygens (including phenoxy) is 1. The molecule has 1 heterocycles. The summed E-state index contributed by atoms with van der Waals surface area (Å²) in [6.45, 7) is 1.77. The number of carboxylic acid groups (broad SMARTS) is 1. The van der Waals surface area contributed by atoms with Gasteiger partial charge in [0.2, 0.25) is 0 Å². The largest absolute Gasteiger partial charge is 0.476 e. The van der Waals surface area contributed by atoms with E-state index in [0.717, 1.165) is 19.3 Å². The summed E-state index contributed by atoms with van der Waals surface area (Å²) >= 11 is 1.22. The van der Waals surface area contributed by atoms with Gasteiger partial charge in [-0.05, 0) is 26.2 Å². The maximum Gasteiger partial charge on any atom is 0.355 e. The van der Waals surface area contributed by atoms with Crippen LogP contribution in [0, 0.1) is 0 Å². The second-order valence-corrected chi connectivity index (χ2v) is 5.92. The predicted octanol–water partition coefficient (Wildman–Crippen LogP) is 1.77. The minimum atomic E-state index is -1.07. The van der Waals surface area contributed by atoms with Crippen LogP contribution in [0.1, 0.15) is 47.7 Å². The summed E-state index contributed by atoms with van der Waals surface area (Å²) in [6, 6.07) is -0.609. The molecule has 0 aromatic carbocycles. The Hall–Kier alpha value is -1.67. The van der Waals surface area contributed by atoms with Gasteiger partial charge in [0.05, 0.1) is 18.2 Å². The molecule has 2 rings (SSSR count). The van der Waals surface area contributed by atoms with Crippen molar-refractivity contribution in [1.82, 2.24) is 15.6 Å². The summed E-state index contributed by atoms with van der Waals surface area (Å²) in [6.07, 6.45) is 2.95. The summed E-state index contributed by atoms with van der Waals surface area (Å²) in [5.41, 5.74) is -0.000650. The van der Waals surface area contributed by atoms with Crippen LogP contribution in [0.15, 0.2) is 5.38 Å². The molecule has 0 spiro atoms. The Labute approximate surface area is 126 Å². The lowest BCUT2D eigenvalue weighted by Crippen LogP contribution is -2.46. The van der Waals surface area contributed by atoms with Gasteiger partial charge >= 0.3 is 12.0 Å². The molecule has 7 nitrogen and oxygen atoms in total. The molecule has 3 atom stereocenters. The van der Waals surface area contributed by atoms with E-state index >= 15 is 0 Å². The van der Waals surface area contributed by atoms with E-state index in [1.165, 1.54) is 16.7 Å². The normalized spacial score (nSPS) is 22.8. The van der Waals surface area contributed by atoms with Crippen molar-refractivity contribution in [3.05, 3.63) is 16.1 Å². The Kier molecular flexibility index (Phi) is 5.13. The number of rotatable bonds is 5. The van der Waals surface area contributed by atoms with E-state index in [1.807, 2.05) is 0 Å². The number of carboxylic acids is 1. The van der Waals surface area contributed by atoms with Gasteiger partial charge in [0.15, 0.2) is 5.69 Å². The van der Waals surface area contributed by atoms with E-state index < -0.39 is 5.97 Å². The molecule has 1 saturated carbocycles. The van der Waals surface area contributed by atoms with Gasteiger partial charge in [-0.3, -0.25) is 0 Å². The van der Waals surface area contributed by atoms with Crippen molar-refractivity contribution in [2.45, 2.75) is 44.4 Å². The van der Waals surface area contributed by atoms with Crippen molar-refractivity contribution >= 4 is 23.3 Å². The molecule has 1 aromatic rings. The summed E-state index contributed by atoms with van der Waals surface area (Å²) < 4.78 is 5.33. The number of hydrogen-bond acceptors (Lipinski definition) is 5. The smallest absolute Gasteiger partial charge is 0.355 e. The first-order chi connectivity index (χ1) is 10.0. The van der Waals surface area contributed by atoms with Gasteiger partial charge in [0.1, 0.15) is 5.01 Å². The number of thiazole rings is 1. The molecular formula is C13H19N3O4S. The molecule has 1 aliphatic rings. The molecule has 3 unspecified atom stereocenters. The molecule has 0 aliphatic heterocycles. The Balaban J connectivity index is 1.88. The molecule has 1 aromatic heterocycles. The lowest BCUT2D eigenvalue weighted by atomic mass is 10.2. The van der Waals surface area contributed by atoms with E-state index in [0.29, 0.717) is 5.01 Å². The Morgan fingerprint density at radius 1 is 1.52 bits per heavy atom. The number of carbonyl (C=O) groups excluding carboxylic acids is 1. The molecular weight excluding hydrogens is 294 g/mol. The van der Waals surface area contributed by atoms with Crippen LogP contribution >= 0.6 is 11.3 Å². The van der Waals surface area contributed by atoms with Crippen molar-refractivity contribution < 1.29 is 19.4 Å². The Morgan fingerprint density at radius 3 is 2.90 bits per heavy atom. The quantitative estimate of drug-likeness (QED) is 0.769. The van der Waals surface area contributed by atoms with E-state index in [2.05, 4.69) is 15.6 Å². The van der Waals surface area contributed by atoms with Gasteiger partial charge in [-0.2, -0.15) is 0 Å². The van der Waals surface area contributed by atoms with Gasteiger partial charge in [-0.15, -0.1) is 11.3 Å². The van der Waals surface area contributed by atoms with Crippen molar-refractivity contribution in [2.24, 2.45) is 0 Å². The number of carbonyl (C=O) groups is 2. The molecule has 116 valence electrons. The van der Waals surface area contributed by atoms with Crippen LogP contribution < -0.4 is 10.6 Å². The standard InChI is InChI=1S/C13H19N3O4S/c1-7(11-15-9(6-21-11)12(17)18)14-13(19)16-8-4-3-5-10(8)20-2/h6-8,10H,3-5H2,1-2H3,(H,17,18)(H2,14,16,19). The van der Waals surface area contributed by atoms with Gasteiger partial charge in [-0.1, -0.05) is 0 Å². The average Bonchev–Trinajstić information content (AvgIpc) is 3.06. The minimum Gasteiger partial charge on any atom is -0.476 e. The number of methoxy groups -OCH3 is 1. The highest BCUT2D eigenvalue weighted by atomic mass is 32.1. The Bertz CT molecular complexity index is 519. The lowest BCUT2D eigenvalue weighted by molar-refractivity contribution is 0.0691. The van der Waals surface area contributed by atoms with Crippen molar-refractivity contribution in [3.63, 3.8) is 0 Å². The SMILES string of the molecule is COC1CCCC1NC(=O)NC(C)c1nc(C(=O)O)cs1. The predicted molar refractivity (Wildman–Crippen MR) is 77.6 cm³/mol. The van der Waals surface area contributed by atoms with Crippen LogP contribution in [-0.2, 0) is 4.74 Å². The minimum absolute atomic E-state index is 0.000650. The van der Waals surface area contributed by atoms with Gasteiger partial charge in [0.25, 0.3) is 0 Å². The molecule has 8 heteroatoms. The number of nitrogens with one attached hydrogen (secondary N) is 2. The molecule has 1 aliphatic carbocycles. The Morgan fingerprint density at radius 2 is 2.29 bits per heavy atom. The van der Waals surface area contributed by atoms with Crippen molar-refractivity contribution in [3.8, 4) is 0 Å². The van der Waals surface area contributed by atoms with Crippen molar-refractivity contribution in [2.75, 3.05) is 7.11 Å². The zero-order chi connectivity index (χ0) is 15.4. The summed E-state index contributed by atoms with van der Waals surface area (Å²) in [7, 11) is 1.65. The van der Waals surface area contributed by atoms with Crippen LogP contribution in [0.2, 0.25) is 0 Å². The molecule has 2 amide bonds. The third-order valence-corrected chi connectivity index (χ3v) is 4.56. The third kappa shape index (κ3) is 3.92. The van der Waals surface area contributed by atoms with Crippen LogP contribution in [0.25, 0.3) is 0 Å². The zero-order valence-corrected chi connectivity index (χ0v) is 12.8. The number of amides is 2. The summed E-state index contributed by atoms with van der Waals surface area (Å²) in [5, 5.41) is 16.5. The fourth-order valence-electron chi connectivity index (χ4n) is 2.43. The highest BCUT2D eigenvalue weighted by Crippen LogP contribution is 2.22. The second-order valence-electron chi connectivity index (χ2n) is 5.03. The maximum absolute atomic E-state index is 12.0. The summed E-state index contributed by atoms with van der Waals surface area (Å²) in [5.74, 6) is -1.07. The van der Waals surface area contributed by atoms with Crippen LogP contribution in [0.4, 0.5) is 4.79 Å². The molecule has 1 fully saturated rings. The molecule has 21 heavy (non-hydrogen) atoms. The van der Waals surface area contributed by atoms with Crippen molar-refractivity contribution in [1.29, 1.82) is 0 Å². The number of hydrogen-bond donors (Lipinski definition) is 3. The number of aromatic nitrogens is 1. The van der Waals surface area contributed by atoms with Crippen LogP contribution in [0.5, 0.6) is 0 Å². The fourth-order valence-corrected chi connectivity index (χ4v) is 3.23. The monoisotopic (exact) mass is 313 g/mol. The van der Waals surface area contributed by atoms with E-state index in [9.17, 15) is 9.59 Å². The van der Waals surface area contributed by atoms with Crippen LogP contribution in [-0.4, -0.2) is 41.3 Å². The maximum atomic E-state index is 12.0. The van der Waals surface area contributed by atoms with Crippen LogP contribution in [0.3, 0.4) is 0 Å². The first-order valence-corrected chi connectivity index (χ1v) is 7.67. The second kappa shape index (κ2) is 6.86. The third-order valence-electron chi connectivity index (χ3n) is 3.53. The molecule has 3 N–H and O–H groups in total. The number of urea groups is 1. The van der Waals surface area contributed by atoms with Gasteiger partial charge in [-0.25, -0.2) is 14.6 Å². The number of aromatic carboxylic acids is 1. The fraction of sp³-hybridized carbons (Fsp3) is 0.615. The van der Waals surface area contributed by atoms with Gasteiger partial charge < -0.3 is 20.5 Å². The molecule has 0 bridgehead atoms. The number of nitrogens with zero attached hydrogens (tertiary/aromatic N) is 1. The zero-order valence-electron chi connectivity index (χ0n) is 12.0. The van der Waals surface area contributed by atoms with E-state index in [-0.39, 0.29) is 29.9 Å². The first-order valence-electron chi connectivity index (χ1n) is 6.79. The average molecular weight is 313 g/mol. The van der Waals surface area contributed by atoms with Gasteiger partial charge in [0, 0.05) is 12.5 Å². The molecule has 0 saturated heterocycles. The highest BCUT2D eigenvalue weighted by Gasteiger charge is 2.28. The molecule has 0 radical (unpaired) electrons. The van der Waals surface area contributed by atoms with E-state index in [1.54, 1.807) is 14.0 Å². The highest BCUT2D eigenvalue weighted by molar-refractivity contribution is 7.09. The van der Waals surface area contributed by atoms with E-state index in [4.69, 9.17) is 9.84 Å². The summed E-state index contributed by atoms with van der Waals surface area (Å²) in [4.78, 5) is 26.7.